The minimum absolute atomic E-state index is 0.0626. The second-order valence-corrected chi connectivity index (χ2v) is 8.15. The molecule has 1 rings (SSSR count). The van der Waals surface area contributed by atoms with E-state index in [1.165, 1.54) is 4.90 Å². The molecule has 0 bridgehead atoms. The van der Waals surface area contributed by atoms with E-state index in [1.54, 1.807) is 0 Å². The zero-order valence-electron chi connectivity index (χ0n) is 14.0. The molecule has 0 aliphatic carbocycles. The number of likely N-dealkylation sites (tertiary alicyclic amines) is 1. The number of piperidine rings is 1. The van der Waals surface area contributed by atoms with Gasteiger partial charge in [0.1, 0.15) is 6.04 Å². The largest absolute Gasteiger partial charge is 0.480 e. The summed E-state index contributed by atoms with van der Waals surface area (Å²) in [6, 6.07) is -0.974. The molecule has 3 N–H and O–H groups in total. The number of carboxylic acids is 1. The number of carbonyl (C=O) groups is 2. The lowest BCUT2D eigenvalue weighted by molar-refractivity contribution is -0.159. The Morgan fingerprint density at radius 2 is 1.95 bits per heavy atom. The van der Waals surface area contributed by atoms with Gasteiger partial charge < -0.3 is 15.7 Å². The highest BCUT2D eigenvalue weighted by atomic mass is 16.4. The van der Waals surface area contributed by atoms with Gasteiger partial charge in [0.25, 0.3) is 0 Å². The van der Waals surface area contributed by atoms with Crippen LogP contribution in [0.3, 0.4) is 0 Å². The van der Waals surface area contributed by atoms with Gasteiger partial charge in [0.2, 0.25) is 5.91 Å². The zero-order valence-corrected chi connectivity index (χ0v) is 14.0. The van der Waals surface area contributed by atoms with E-state index < -0.39 is 17.4 Å². The number of nitrogens with zero attached hydrogens (tertiary/aromatic N) is 1. The molecule has 0 aromatic rings. The molecule has 0 radical (unpaired) electrons. The summed E-state index contributed by atoms with van der Waals surface area (Å²) >= 11 is 0. The minimum Gasteiger partial charge on any atom is -0.480 e. The molecule has 1 aliphatic rings. The molecule has 1 amide bonds. The summed E-state index contributed by atoms with van der Waals surface area (Å²) in [6.45, 7) is 10.6. The Bertz CT molecular complexity index is 399. The van der Waals surface area contributed by atoms with Crippen LogP contribution in [0.5, 0.6) is 0 Å². The topological polar surface area (TPSA) is 83.6 Å². The molecule has 5 heteroatoms. The Kier molecular flexibility index (Phi) is 5.42. The first-order chi connectivity index (χ1) is 9.44. The van der Waals surface area contributed by atoms with E-state index in [2.05, 4.69) is 20.8 Å². The summed E-state index contributed by atoms with van der Waals surface area (Å²) < 4.78 is 0. The van der Waals surface area contributed by atoms with Crippen LogP contribution in [0.15, 0.2) is 0 Å². The summed E-state index contributed by atoms with van der Waals surface area (Å²) in [7, 11) is 0. The van der Waals surface area contributed by atoms with Crippen LogP contribution in [0.4, 0.5) is 0 Å². The fourth-order valence-corrected chi connectivity index (χ4v) is 3.33. The number of carboxylic acid groups (broad SMARTS) is 1. The molecule has 0 aromatic carbocycles. The summed E-state index contributed by atoms with van der Waals surface area (Å²) in [5, 5.41) is 9.49. The molecule has 2 atom stereocenters. The number of rotatable bonds is 4. The van der Waals surface area contributed by atoms with Crippen molar-refractivity contribution in [2.24, 2.45) is 16.6 Å². The predicted molar refractivity (Wildman–Crippen MR) is 82.8 cm³/mol. The monoisotopic (exact) mass is 298 g/mol. The molecule has 1 aliphatic heterocycles. The van der Waals surface area contributed by atoms with Crippen LogP contribution in [-0.4, -0.2) is 40.5 Å². The lowest BCUT2D eigenvalue weighted by atomic mass is 9.76. The van der Waals surface area contributed by atoms with E-state index in [-0.39, 0.29) is 23.8 Å². The second-order valence-electron chi connectivity index (χ2n) is 8.15. The van der Waals surface area contributed by atoms with E-state index >= 15 is 0 Å². The van der Waals surface area contributed by atoms with Crippen molar-refractivity contribution in [3.05, 3.63) is 0 Å². The van der Waals surface area contributed by atoms with Gasteiger partial charge >= 0.3 is 5.97 Å². The van der Waals surface area contributed by atoms with Crippen LogP contribution in [-0.2, 0) is 9.59 Å². The third kappa shape index (κ3) is 4.99. The van der Waals surface area contributed by atoms with E-state index in [1.807, 2.05) is 13.8 Å². The van der Waals surface area contributed by atoms with Crippen LogP contribution < -0.4 is 5.73 Å². The highest BCUT2D eigenvalue weighted by Crippen LogP contribution is 2.35. The standard InChI is InChI=1S/C16H30N2O3/c1-15(2,3)10-11(17)9-12(19)18-8-6-7-16(4,5)13(18)14(20)21/h11,13H,6-10,17H2,1-5H3,(H,20,21). The quantitative estimate of drug-likeness (QED) is 0.833. The number of nitrogens with two attached hydrogens (primary N) is 1. The SMILES string of the molecule is CC(C)(C)CC(N)CC(=O)N1CCCC(C)(C)C1C(=O)O. The Balaban J connectivity index is 2.77. The molecular weight excluding hydrogens is 268 g/mol. The molecule has 0 aromatic heterocycles. The lowest BCUT2D eigenvalue weighted by Gasteiger charge is -2.44. The average molecular weight is 298 g/mol. The first-order valence-electron chi connectivity index (χ1n) is 7.72. The molecule has 122 valence electrons. The van der Waals surface area contributed by atoms with Gasteiger partial charge in [0.05, 0.1) is 0 Å². The van der Waals surface area contributed by atoms with Gasteiger partial charge in [0.15, 0.2) is 0 Å². The molecule has 21 heavy (non-hydrogen) atoms. The summed E-state index contributed by atoms with van der Waals surface area (Å²) in [4.78, 5) is 25.6. The first kappa shape index (κ1) is 18.0. The Morgan fingerprint density at radius 3 is 2.43 bits per heavy atom. The lowest BCUT2D eigenvalue weighted by Crippen LogP contribution is -2.57. The van der Waals surface area contributed by atoms with Gasteiger partial charge in [-0.25, -0.2) is 4.79 Å². The third-order valence-electron chi connectivity index (χ3n) is 4.14. The molecule has 0 spiro atoms. The second kappa shape index (κ2) is 6.34. The average Bonchev–Trinajstić information content (AvgIpc) is 2.23. The van der Waals surface area contributed by atoms with Crippen LogP contribution >= 0.6 is 0 Å². The van der Waals surface area contributed by atoms with Gasteiger partial charge in [-0.2, -0.15) is 0 Å². The van der Waals surface area contributed by atoms with Gasteiger partial charge in [0, 0.05) is 19.0 Å². The maximum Gasteiger partial charge on any atom is 0.326 e. The van der Waals surface area contributed by atoms with Crippen LogP contribution in [0.25, 0.3) is 0 Å². The first-order valence-corrected chi connectivity index (χ1v) is 7.72. The van der Waals surface area contributed by atoms with E-state index in [4.69, 9.17) is 5.73 Å². The Hall–Kier alpha value is -1.10. The van der Waals surface area contributed by atoms with Crippen molar-refractivity contribution in [2.45, 2.75) is 72.4 Å². The van der Waals surface area contributed by atoms with Crippen LogP contribution in [0.2, 0.25) is 0 Å². The summed E-state index contributed by atoms with van der Waals surface area (Å²) in [5.74, 6) is -1.05. The van der Waals surface area contributed by atoms with Crippen LogP contribution in [0.1, 0.15) is 60.3 Å². The van der Waals surface area contributed by atoms with Crippen molar-refractivity contribution in [1.82, 2.24) is 4.90 Å². The van der Waals surface area contributed by atoms with Crippen molar-refractivity contribution in [2.75, 3.05) is 6.54 Å². The van der Waals surface area contributed by atoms with E-state index in [0.29, 0.717) is 6.54 Å². The molecular formula is C16H30N2O3. The number of carbonyl (C=O) groups excluding carboxylic acids is 1. The Labute approximate surface area is 127 Å². The fourth-order valence-electron chi connectivity index (χ4n) is 3.33. The highest BCUT2D eigenvalue weighted by Gasteiger charge is 2.44. The van der Waals surface area contributed by atoms with E-state index in [9.17, 15) is 14.7 Å². The van der Waals surface area contributed by atoms with Crippen molar-refractivity contribution in [3.8, 4) is 0 Å². The maximum absolute atomic E-state index is 12.5. The maximum atomic E-state index is 12.5. The molecule has 0 saturated carbocycles. The number of amides is 1. The zero-order chi connectivity index (χ0) is 16.4. The van der Waals surface area contributed by atoms with Crippen molar-refractivity contribution in [1.29, 1.82) is 0 Å². The molecule has 1 saturated heterocycles. The van der Waals surface area contributed by atoms with E-state index in [0.717, 1.165) is 19.3 Å². The van der Waals surface area contributed by atoms with Crippen molar-refractivity contribution in [3.63, 3.8) is 0 Å². The number of hydrogen-bond acceptors (Lipinski definition) is 3. The number of hydrogen-bond donors (Lipinski definition) is 2. The molecule has 1 fully saturated rings. The normalized spacial score (nSPS) is 23.7. The molecule has 1 heterocycles. The van der Waals surface area contributed by atoms with Crippen molar-refractivity contribution < 1.29 is 14.7 Å². The van der Waals surface area contributed by atoms with Gasteiger partial charge in [-0.05, 0) is 30.1 Å². The third-order valence-corrected chi connectivity index (χ3v) is 4.14. The fraction of sp³-hybridized carbons (Fsp3) is 0.875. The number of aliphatic carboxylic acids is 1. The smallest absolute Gasteiger partial charge is 0.326 e. The highest BCUT2D eigenvalue weighted by molar-refractivity contribution is 5.84. The predicted octanol–water partition coefficient (Wildman–Crippen LogP) is 2.24. The van der Waals surface area contributed by atoms with Crippen LogP contribution in [0, 0.1) is 10.8 Å². The van der Waals surface area contributed by atoms with Gasteiger partial charge in [-0.3, -0.25) is 4.79 Å². The minimum atomic E-state index is -0.919. The molecule has 2 unspecified atom stereocenters. The summed E-state index contributed by atoms with van der Waals surface area (Å²) in [6.07, 6.45) is 2.63. The van der Waals surface area contributed by atoms with Gasteiger partial charge in [-0.15, -0.1) is 0 Å². The van der Waals surface area contributed by atoms with Crippen molar-refractivity contribution >= 4 is 11.9 Å². The Morgan fingerprint density at radius 1 is 1.38 bits per heavy atom. The van der Waals surface area contributed by atoms with Gasteiger partial charge in [-0.1, -0.05) is 34.6 Å². The molecule has 5 nitrogen and oxygen atoms in total. The summed E-state index contributed by atoms with van der Waals surface area (Å²) in [5.41, 5.74) is 5.73.